The van der Waals surface area contributed by atoms with Gasteiger partial charge in [0.2, 0.25) is 0 Å². The van der Waals surface area contributed by atoms with E-state index >= 15 is 0 Å². The molecule has 0 radical (unpaired) electrons. The van der Waals surface area contributed by atoms with E-state index in [-0.39, 0.29) is 21.6 Å². The Morgan fingerprint density at radius 1 is 1.15 bits per heavy atom. The SMILES string of the molecule is CC(C)(C)OC(=O)c1ccc(CC23CC4CC(CC(C4)C2)C3)c([N+](=O)[O-])c1. The highest BCUT2D eigenvalue weighted by Crippen LogP contribution is 2.61. The van der Waals surface area contributed by atoms with E-state index in [1.807, 2.05) is 0 Å². The summed E-state index contributed by atoms with van der Waals surface area (Å²) in [4.78, 5) is 23.7. The number of hydrogen-bond acceptors (Lipinski definition) is 4. The molecule has 0 spiro atoms. The Bertz CT molecular complexity index is 742. The van der Waals surface area contributed by atoms with Crippen LogP contribution in [0.4, 0.5) is 5.69 Å². The van der Waals surface area contributed by atoms with Crippen molar-refractivity contribution in [2.45, 2.75) is 71.3 Å². The Morgan fingerprint density at radius 3 is 2.19 bits per heavy atom. The number of benzene rings is 1. The van der Waals surface area contributed by atoms with Crippen molar-refractivity contribution in [3.63, 3.8) is 0 Å². The number of nitro benzene ring substituents is 1. The molecule has 4 bridgehead atoms. The predicted molar refractivity (Wildman–Crippen MR) is 103 cm³/mol. The first kappa shape index (κ1) is 18.5. The number of ether oxygens (including phenoxy) is 1. The third kappa shape index (κ3) is 3.74. The number of nitro groups is 1. The topological polar surface area (TPSA) is 69.4 Å². The maximum absolute atomic E-state index is 12.3. The van der Waals surface area contributed by atoms with Crippen LogP contribution in [-0.4, -0.2) is 16.5 Å². The summed E-state index contributed by atoms with van der Waals surface area (Å²) in [6, 6.07) is 4.89. The fourth-order valence-corrected chi connectivity index (χ4v) is 6.26. The molecule has 0 saturated heterocycles. The molecule has 5 heteroatoms. The second-order valence-electron chi connectivity index (χ2n) is 10.2. The molecular weight excluding hydrogens is 342 g/mol. The Morgan fingerprint density at radius 2 is 1.70 bits per heavy atom. The van der Waals surface area contributed by atoms with Crippen molar-refractivity contribution in [3.05, 3.63) is 39.4 Å². The van der Waals surface area contributed by atoms with E-state index < -0.39 is 11.6 Å². The second-order valence-corrected chi connectivity index (χ2v) is 10.2. The van der Waals surface area contributed by atoms with Crippen LogP contribution in [0.15, 0.2) is 18.2 Å². The van der Waals surface area contributed by atoms with Gasteiger partial charge in [-0.25, -0.2) is 4.79 Å². The lowest BCUT2D eigenvalue weighted by Crippen LogP contribution is -2.47. The molecule has 0 aliphatic heterocycles. The summed E-state index contributed by atoms with van der Waals surface area (Å²) < 4.78 is 5.37. The quantitative estimate of drug-likeness (QED) is 0.409. The first-order valence-electron chi connectivity index (χ1n) is 10.1. The van der Waals surface area contributed by atoms with Gasteiger partial charge in [-0.15, -0.1) is 0 Å². The van der Waals surface area contributed by atoms with Gasteiger partial charge in [-0.3, -0.25) is 10.1 Å². The Labute approximate surface area is 160 Å². The van der Waals surface area contributed by atoms with Crippen LogP contribution in [0.5, 0.6) is 0 Å². The zero-order valence-electron chi connectivity index (χ0n) is 16.5. The number of nitrogens with zero attached hydrogens (tertiary/aromatic N) is 1. The third-order valence-corrected chi connectivity index (χ3v) is 6.65. The first-order chi connectivity index (χ1) is 12.6. The van der Waals surface area contributed by atoms with Gasteiger partial charge in [0.25, 0.3) is 5.69 Å². The van der Waals surface area contributed by atoms with Gasteiger partial charge in [0.05, 0.1) is 10.5 Å². The monoisotopic (exact) mass is 371 g/mol. The van der Waals surface area contributed by atoms with Crippen LogP contribution < -0.4 is 0 Å². The van der Waals surface area contributed by atoms with Crippen LogP contribution in [-0.2, 0) is 11.2 Å². The van der Waals surface area contributed by atoms with E-state index in [2.05, 4.69) is 0 Å². The van der Waals surface area contributed by atoms with Crippen LogP contribution in [0.25, 0.3) is 0 Å². The highest BCUT2D eigenvalue weighted by molar-refractivity contribution is 5.90. The zero-order chi connectivity index (χ0) is 19.4. The zero-order valence-corrected chi connectivity index (χ0v) is 16.5. The number of carbonyl (C=O) groups excluding carboxylic acids is 1. The molecule has 146 valence electrons. The smallest absolute Gasteiger partial charge is 0.338 e. The molecule has 4 aliphatic rings. The lowest BCUT2D eigenvalue weighted by atomic mass is 9.48. The highest BCUT2D eigenvalue weighted by atomic mass is 16.6. The van der Waals surface area contributed by atoms with E-state index in [9.17, 15) is 14.9 Å². The van der Waals surface area contributed by atoms with Gasteiger partial charge in [0.15, 0.2) is 0 Å². The molecule has 0 heterocycles. The molecule has 5 rings (SSSR count). The van der Waals surface area contributed by atoms with Crippen molar-refractivity contribution in [1.29, 1.82) is 0 Å². The molecule has 0 unspecified atom stereocenters. The molecule has 0 atom stereocenters. The average molecular weight is 371 g/mol. The predicted octanol–water partition coefficient (Wildman–Crippen LogP) is 5.31. The molecule has 0 N–H and O–H groups in total. The van der Waals surface area contributed by atoms with Gasteiger partial charge in [0.1, 0.15) is 5.60 Å². The van der Waals surface area contributed by atoms with Crippen molar-refractivity contribution in [3.8, 4) is 0 Å². The molecule has 27 heavy (non-hydrogen) atoms. The molecule has 0 aromatic heterocycles. The maximum atomic E-state index is 12.3. The van der Waals surface area contributed by atoms with E-state index in [0.29, 0.717) is 0 Å². The molecule has 4 fully saturated rings. The van der Waals surface area contributed by atoms with Crippen LogP contribution in [0.3, 0.4) is 0 Å². The van der Waals surface area contributed by atoms with Crippen LogP contribution in [0.1, 0.15) is 75.2 Å². The molecule has 4 saturated carbocycles. The minimum atomic E-state index is -0.621. The number of rotatable bonds is 4. The van der Waals surface area contributed by atoms with Crippen molar-refractivity contribution in [2.75, 3.05) is 0 Å². The lowest BCUT2D eigenvalue weighted by Gasteiger charge is -2.57. The minimum absolute atomic E-state index is 0.0640. The molecule has 4 aliphatic carbocycles. The van der Waals surface area contributed by atoms with Gasteiger partial charge >= 0.3 is 5.97 Å². The van der Waals surface area contributed by atoms with E-state index in [4.69, 9.17) is 4.74 Å². The van der Waals surface area contributed by atoms with E-state index in [1.54, 1.807) is 32.9 Å². The fourth-order valence-electron chi connectivity index (χ4n) is 6.26. The maximum Gasteiger partial charge on any atom is 0.338 e. The summed E-state index contributed by atoms with van der Waals surface area (Å²) in [6.07, 6.45) is 8.48. The number of hydrogen-bond donors (Lipinski definition) is 0. The normalized spacial score (nSPS) is 31.7. The van der Waals surface area contributed by atoms with Crippen molar-refractivity contribution >= 4 is 11.7 Å². The Kier molecular flexibility index (Phi) is 4.32. The summed E-state index contributed by atoms with van der Waals surface area (Å²) in [5.41, 5.74) is 0.700. The second kappa shape index (κ2) is 6.32. The van der Waals surface area contributed by atoms with Crippen LogP contribution in [0, 0.1) is 33.3 Å². The fraction of sp³-hybridized carbons (Fsp3) is 0.682. The number of esters is 1. The van der Waals surface area contributed by atoms with Gasteiger partial charge < -0.3 is 4.74 Å². The molecule has 1 aromatic carbocycles. The Balaban J connectivity index is 1.60. The molecule has 1 aromatic rings. The summed E-state index contributed by atoms with van der Waals surface area (Å²) >= 11 is 0. The average Bonchev–Trinajstić information content (AvgIpc) is 2.51. The lowest BCUT2D eigenvalue weighted by molar-refractivity contribution is -0.385. The van der Waals surface area contributed by atoms with Gasteiger partial charge in [-0.1, -0.05) is 6.07 Å². The highest BCUT2D eigenvalue weighted by Gasteiger charge is 2.51. The summed E-state index contributed by atoms with van der Waals surface area (Å²) in [6.45, 7) is 5.38. The Hall–Kier alpha value is -1.91. The van der Waals surface area contributed by atoms with Crippen molar-refractivity contribution in [1.82, 2.24) is 0 Å². The largest absolute Gasteiger partial charge is 0.456 e. The van der Waals surface area contributed by atoms with Crippen molar-refractivity contribution in [2.24, 2.45) is 23.2 Å². The van der Waals surface area contributed by atoms with Gasteiger partial charge in [0, 0.05) is 11.6 Å². The van der Waals surface area contributed by atoms with Gasteiger partial charge in [-0.2, -0.15) is 0 Å². The molecule has 5 nitrogen and oxygen atoms in total. The minimum Gasteiger partial charge on any atom is -0.456 e. The van der Waals surface area contributed by atoms with E-state index in [1.165, 1.54) is 44.6 Å². The van der Waals surface area contributed by atoms with Crippen LogP contribution in [0.2, 0.25) is 0 Å². The first-order valence-corrected chi connectivity index (χ1v) is 10.1. The third-order valence-electron chi connectivity index (χ3n) is 6.65. The summed E-state index contributed by atoms with van der Waals surface area (Å²) in [5.74, 6) is 1.94. The van der Waals surface area contributed by atoms with Crippen molar-refractivity contribution < 1.29 is 14.5 Å². The molecular formula is C22H29NO4. The molecule has 0 amide bonds. The standard InChI is InChI=1S/C22H29NO4/c1-21(2,3)27-20(24)17-4-5-18(19(9-17)23(25)26)13-22-10-14-6-15(11-22)8-16(7-14)12-22/h4-5,9,14-16H,6-8,10-13H2,1-3H3. The van der Waals surface area contributed by atoms with E-state index in [0.717, 1.165) is 29.7 Å². The number of carbonyl (C=O) groups is 1. The van der Waals surface area contributed by atoms with Crippen LogP contribution >= 0.6 is 0 Å². The summed E-state index contributed by atoms with van der Waals surface area (Å²) in [7, 11) is 0. The summed E-state index contributed by atoms with van der Waals surface area (Å²) in [5, 5.41) is 11.7. The van der Waals surface area contributed by atoms with Gasteiger partial charge in [-0.05, 0) is 95.0 Å².